The van der Waals surface area contributed by atoms with Crippen LogP contribution in [0.25, 0.3) is 11.1 Å². The lowest BCUT2D eigenvalue weighted by atomic mass is 9.93. The molecule has 0 unspecified atom stereocenters. The molecular weight excluding hydrogens is 526 g/mol. The minimum atomic E-state index is -2.18. The van der Waals surface area contributed by atoms with Crippen molar-refractivity contribution in [2.24, 2.45) is 0 Å². The number of hydrogen-bond acceptors (Lipinski definition) is 9. The number of amides is 1. The normalized spacial score (nSPS) is 22.5. The number of ether oxygens (including phenoxy) is 2. The van der Waals surface area contributed by atoms with Crippen LogP contribution in [0.2, 0.25) is 0 Å². The number of benzene rings is 2. The molecular formula is C28H35NO9S. The van der Waals surface area contributed by atoms with E-state index in [1.54, 1.807) is 12.1 Å². The molecule has 39 heavy (non-hydrogen) atoms. The summed E-state index contributed by atoms with van der Waals surface area (Å²) in [5.41, 5.74) is 2.31. The number of carboxylic acids is 1. The third-order valence-corrected chi connectivity index (χ3v) is 7.43. The summed E-state index contributed by atoms with van der Waals surface area (Å²) in [7, 11) is 0. The number of hydrogen-bond donors (Lipinski definition) is 5. The fraction of sp³-hybridized carbons (Fsp3) is 0.464. The molecule has 11 heteroatoms. The highest BCUT2D eigenvalue weighted by atomic mass is 32.2. The lowest BCUT2D eigenvalue weighted by Crippen LogP contribution is -2.58. The van der Waals surface area contributed by atoms with E-state index < -0.39 is 42.1 Å². The zero-order valence-corrected chi connectivity index (χ0v) is 22.3. The molecule has 212 valence electrons. The summed E-state index contributed by atoms with van der Waals surface area (Å²) in [5, 5.41) is 43.9. The lowest BCUT2D eigenvalue weighted by Gasteiger charge is -2.42. The van der Waals surface area contributed by atoms with Crippen molar-refractivity contribution in [2.75, 3.05) is 24.7 Å². The fourth-order valence-corrected chi connectivity index (χ4v) is 5.04. The average molecular weight is 562 g/mol. The summed E-state index contributed by atoms with van der Waals surface area (Å²) in [6.07, 6.45) is -4.19. The molecule has 0 bridgehead atoms. The molecule has 1 aliphatic rings. The maximum atomic E-state index is 12.6. The first-order valence-electron chi connectivity index (χ1n) is 12.8. The summed E-state index contributed by atoms with van der Waals surface area (Å²) < 4.78 is 11.2. The standard InChI is InChI=1S/C28H35NO9S/c30-12-4-14-39-15-5-13-37-28(27(35)36)17-22(31)16-24(38-28)25(33)23(32)18-29-26(34)21-10-8-20(9-11-21)19-6-2-1-3-7-19/h1-3,6-12,22-25,31-33H,4-5,13-18H2,(H,29,34)(H,35,36)/t22-,23-,24-,25-,28-/m1/s1. The van der Waals surface area contributed by atoms with Crippen molar-refractivity contribution < 1.29 is 44.3 Å². The predicted molar refractivity (Wildman–Crippen MR) is 145 cm³/mol. The topological polar surface area (TPSA) is 163 Å². The van der Waals surface area contributed by atoms with Gasteiger partial charge >= 0.3 is 5.97 Å². The van der Waals surface area contributed by atoms with Gasteiger partial charge in [0.15, 0.2) is 0 Å². The summed E-state index contributed by atoms with van der Waals surface area (Å²) >= 11 is 1.53. The van der Waals surface area contributed by atoms with Gasteiger partial charge in [0.2, 0.25) is 0 Å². The number of rotatable bonds is 15. The Kier molecular flexibility index (Phi) is 11.9. The third kappa shape index (κ3) is 8.85. The van der Waals surface area contributed by atoms with E-state index in [1.807, 2.05) is 42.5 Å². The second kappa shape index (κ2) is 15.1. The smallest absolute Gasteiger partial charge is 0.364 e. The Morgan fingerprint density at radius 1 is 1.10 bits per heavy atom. The van der Waals surface area contributed by atoms with Crippen LogP contribution in [0.5, 0.6) is 0 Å². The Hall–Kier alpha value is -2.80. The quantitative estimate of drug-likeness (QED) is 0.160. The molecule has 1 aliphatic heterocycles. The Morgan fingerprint density at radius 2 is 1.79 bits per heavy atom. The van der Waals surface area contributed by atoms with Gasteiger partial charge in [-0.2, -0.15) is 11.8 Å². The van der Waals surface area contributed by atoms with E-state index in [4.69, 9.17) is 9.47 Å². The molecule has 1 amide bonds. The minimum Gasteiger partial charge on any atom is -0.477 e. The van der Waals surface area contributed by atoms with Gasteiger partial charge in [0.25, 0.3) is 11.7 Å². The van der Waals surface area contributed by atoms with Crippen LogP contribution in [0.3, 0.4) is 0 Å². The van der Waals surface area contributed by atoms with Crippen LogP contribution in [0.15, 0.2) is 54.6 Å². The average Bonchev–Trinajstić information content (AvgIpc) is 2.95. The van der Waals surface area contributed by atoms with Gasteiger partial charge in [-0.3, -0.25) is 4.79 Å². The Balaban J connectivity index is 1.53. The SMILES string of the molecule is O=CCCSCCCO[C@]1(C(=O)O)C[C@H](O)C[C@H]([C@H](O)[C@H](O)CNC(=O)c2ccc(-c3ccccc3)cc2)O1. The van der Waals surface area contributed by atoms with Crippen molar-refractivity contribution in [3.05, 3.63) is 60.2 Å². The van der Waals surface area contributed by atoms with Crippen molar-refractivity contribution >= 4 is 29.9 Å². The van der Waals surface area contributed by atoms with Crippen molar-refractivity contribution in [3.8, 4) is 11.1 Å². The second-order valence-electron chi connectivity index (χ2n) is 9.29. The number of carboxylic acid groups (broad SMARTS) is 1. The molecule has 0 spiro atoms. The van der Waals surface area contributed by atoms with Crippen molar-refractivity contribution in [1.29, 1.82) is 0 Å². The molecule has 2 aromatic carbocycles. The van der Waals surface area contributed by atoms with Crippen LogP contribution in [0.1, 0.15) is 36.0 Å². The van der Waals surface area contributed by atoms with Crippen LogP contribution in [-0.4, -0.2) is 93.4 Å². The maximum absolute atomic E-state index is 12.6. The third-order valence-electron chi connectivity index (χ3n) is 6.33. The molecule has 1 fully saturated rings. The van der Waals surface area contributed by atoms with Crippen molar-refractivity contribution in [2.45, 2.75) is 55.9 Å². The van der Waals surface area contributed by atoms with Gasteiger partial charge < -0.3 is 40.0 Å². The van der Waals surface area contributed by atoms with Gasteiger partial charge in [-0.25, -0.2) is 4.79 Å². The zero-order chi connectivity index (χ0) is 28.3. The van der Waals surface area contributed by atoms with Gasteiger partial charge in [0.05, 0.1) is 24.9 Å². The van der Waals surface area contributed by atoms with E-state index in [9.17, 15) is 34.8 Å². The second-order valence-corrected chi connectivity index (χ2v) is 10.5. The van der Waals surface area contributed by atoms with Crippen molar-refractivity contribution in [1.82, 2.24) is 5.32 Å². The monoisotopic (exact) mass is 561 g/mol. The molecule has 2 aromatic rings. The van der Waals surface area contributed by atoms with E-state index >= 15 is 0 Å². The summed E-state index contributed by atoms with van der Waals surface area (Å²) in [5.74, 6) is -2.79. The van der Waals surface area contributed by atoms with E-state index in [-0.39, 0.29) is 26.0 Å². The molecule has 0 saturated carbocycles. The molecule has 3 rings (SSSR count). The number of aliphatic hydroxyl groups excluding tert-OH is 3. The van der Waals surface area contributed by atoms with Crippen LogP contribution >= 0.6 is 11.8 Å². The molecule has 10 nitrogen and oxygen atoms in total. The van der Waals surface area contributed by atoms with Gasteiger partial charge in [0, 0.05) is 31.4 Å². The lowest BCUT2D eigenvalue weighted by molar-refractivity contribution is -0.304. The summed E-state index contributed by atoms with van der Waals surface area (Å²) in [4.78, 5) is 35.0. The van der Waals surface area contributed by atoms with Gasteiger partial charge in [0.1, 0.15) is 12.4 Å². The van der Waals surface area contributed by atoms with Crippen molar-refractivity contribution in [3.63, 3.8) is 0 Å². The molecule has 5 atom stereocenters. The molecule has 1 heterocycles. The Morgan fingerprint density at radius 3 is 2.46 bits per heavy atom. The predicted octanol–water partition coefficient (Wildman–Crippen LogP) is 1.85. The minimum absolute atomic E-state index is 0.0254. The highest BCUT2D eigenvalue weighted by molar-refractivity contribution is 7.99. The fourth-order valence-electron chi connectivity index (χ4n) is 4.25. The first-order valence-corrected chi connectivity index (χ1v) is 14.0. The van der Waals surface area contributed by atoms with Gasteiger partial charge in [-0.1, -0.05) is 42.5 Å². The first kappa shape index (κ1) is 30.7. The van der Waals surface area contributed by atoms with Crippen LogP contribution in [0, 0.1) is 0 Å². The van der Waals surface area contributed by atoms with E-state index in [2.05, 4.69) is 5.32 Å². The van der Waals surface area contributed by atoms with Crippen LogP contribution in [0.4, 0.5) is 0 Å². The number of aliphatic carboxylic acids is 1. The highest BCUT2D eigenvalue weighted by Gasteiger charge is 2.51. The van der Waals surface area contributed by atoms with Gasteiger partial charge in [-0.15, -0.1) is 0 Å². The maximum Gasteiger partial charge on any atom is 0.364 e. The molecule has 1 saturated heterocycles. The number of aliphatic hydroxyl groups is 3. The van der Waals surface area contributed by atoms with E-state index in [0.717, 1.165) is 17.4 Å². The van der Waals surface area contributed by atoms with Gasteiger partial charge in [-0.05, 0) is 41.2 Å². The largest absolute Gasteiger partial charge is 0.477 e. The summed E-state index contributed by atoms with van der Waals surface area (Å²) in [6, 6.07) is 16.6. The number of carbonyl (C=O) groups excluding carboxylic acids is 2. The van der Waals surface area contributed by atoms with Crippen LogP contribution < -0.4 is 5.32 Å². The number of thioether (sulfide) groups is 1. The molecule has 0 aromatic heterocycles. The molecule has 0 aliphatic carbocycles. The Labute approximate surface area is 231 Å². The summed E-state index contributed by atoms with van der Waals surface area (Å²) in [6.45, 7) is -0.299. The van der Waals surface area contributed by atoms with E-state index in [1.165, 1.54) is 11.8 Å². The zero-order valence-electron chi connectivity index (χ0n) is 21.5. The molecule has 5 N–H and O–H groups in total. The molecule has 0 radical (unpaired) electrons. The first-order chi connectivity index (χ1) is 18.8. The number of carbonyl (C=O) groups is 3. The highest BCUT2D eigenvalue weighted by Crippen LogP contribution is 2.33. The Bertz CT molecular complexity index is 1070. The number of nitrogens with one attached hydrogen (secondary N) is 1. The van der Waals surface area contributed by atoms with E-state index in [0.29, 0.717) is 29.9 Å². The number of aldehydes is 1. The van der Waals surface area contributed by atoms with Crippen LogP contribution in [-0.2, 0) is 19.1 Å².